The minimum absolute atomic E-state index is 0.100. The molecule has 0 aliphatic carbocycles. The van der Waals surface area contributed by atoms with Crippen LogP contribution in [0.5, 0.6) is 0 Å². The molecule has 0 spiro atoms. The molecular formula is C15H31NO. The first kappa shape index (κ1) is 16.5. The van der Waals surface area contributed by atoms with Gasteiger partial charge in [0, 0.05) is 13.5 Å². The summed E-state index contributed by atoms with van der Waals surface area (Å²) >= 11 is 0. The predicted octanol–water partition coefficient (Wildman–Crippen LogP) is 4.29. The van der Waals surface area contributed by atoms with Crippen molar-refractivity contribution in [2.75, 3.05) is 6.54 Å². The fourth-order valence-electron chi connectivity index (χ4n) is 2.13. The Hall–Kier alpha value is -0.530. The predicted molar refractivity (Wildman–Crippen MR) is 75.1 cm³/mol. The number of carbonyl (C=O) groups excluding carboxylic acids is 1. The maximum absolute atomic E-state index is 10.8. The highest BCUT2D eigenvalue weighted by atomic mass is 16.1. The van der Waals surface area contributed by atoms with Crippen LogP contribution in [0.3, 0.4) is 0 Å². The average Bonchev–Trinajstić information content (AvgIpc) is 2.31. The van der Waals surface area contributed by atoms with Gasteiger partial charge in [-0.25, -0.2) is 0 Å². The van der Waals surface area contributed by atoms with Crippen molar-refractivity contribution in [1.82, 2.24) is 5.32 Å². The van der Waals surface area contributed by atoms with Crippen LogP contribution >= 0.6 is 0 Å². The lowest BCUT2D eigenvalue weighted by Gasteiger charge is -2.14. The van der Waals surface area contributed by atoms with Crippen LogP contribution in [0.15, 0.2) is 0 Å². The SMILES string of the molecule is CCCCCCCCCC(CC)CNC(C)=O. The Kier molecular flexibility index (Phi) is 11.6. The summed E-state index contributed by atoms with van der Waals surface area (Å²) in [6, 6.07) is 0. The summed E-state index contributed by atoms with van der Waals surface area (Å²) in [6.45, 7) is 6.93. The van der Waals surface area contributed by atoms with Gasteiger partial charge in [-0.3, -0.25) is 4.79 Å². The van der Waals surface area contributed by atoms with Crippen LogP contribution in [0.1, 0.15) is 78.6 Å². The summed E-state index contributed by atoms with van der Waals surface area (Å²) in [5, 5.41) is 2.93. The Bertz CT molecular complexity index is 180. The molecule has 0 radical (unpaired) electrons. The minimum Gasteiger partial charge on any atom is -0.356 e. The fraction of sp³-hybridized carbons (Fsp3) is 0.933. The van der Waals surface area contributed by atoms with Crippen LogP contribution in [0.25, 0.3) is 0 Å². The molecule has 2 nitrogen and oxygen atoms in total. The molecule has 0 aliphatic rings. The summed E-state index contributed by atoms with van der Waals surface area (Å²) in [7, 11) is 0. The zero-order valence-corrected chi connectivity index (χ0v) is 12.1. The van der Waals surface area contributed by atoms with E-state index in [1.54, 1.807) is 6.92 Å². The number of rotatable bonds is 11. The summed E-state index contributed by atoms with van der Waals surface area (Å²) in [5.41, 5.74) is 0. The van der Waals surface area contributed by atoms with Crippen LogP contribution in [0.4, 0.5) is 0 Å². The Balaban J connectivity index is 3.34. The smallest absolute Gasteiger partial charge is 0.216 e. The molecule has 0 aliphatic heterocycles. The second kappa shape index (κ2) is 11.9. The second-order valence-corrected chi connectivity index (χ2v) is 5.12. The Morgan fingerprint density at radius 2 is 1.59 bits per heavy atom. The van der Waals surface area contributed by atoms with Gasteiger partial charge in [-0.1, -0.05) is 65.2 Å². The fourth-order valence-corrected chi connectivity index (χ4v) is 2.13. The minimum atomic E-state index is 0.100. The third-order valence-corrected chi connectivity index (χ3v) is 3.43. The van der Waals surface area contributed by atoms with Gasteiger partial charge in [-0.05, 0) is 12.3 Å². The Labute approximate surface area is 108 Å². The van der Waals surface area contributed by atoms with E-state index in [1.165, 1.54) is 57.8 Å². The lowest BCUT2D eigenvalue weighted by Crippen LogP contribution is -2.26. The lowest BCUT2D eigenvalue weighted by atomic mass is 9.97. The second-order valence-electron chi connectivity index (χ2n) is 5.12. The molecule has 0 heterocycles. The first-order chi connectivity index (χ1) is 8.20. The Morgan fingerprint density at radius 1 is 1.00 bits per heavy atom. The zero-order valence-electron chi connectivity index (χ0n) is 12.1. The molecule has 2 heteroatoms. The molecule has 17 heavy (non-hydrogen) atoms. The van der Waals surface area contributed by atoms with Crippen molar-refractivity contribution in [3.8, 4) is 0 Å². The number of nitrogens with one attached hydrogen (secondary N) is 1. The summed E-state index contributed by atoms with van der Waals surface area (Å²) < 4.78 is 0. The molecule has 0 aromatic heterocycles. The molecule has 102 valence electrons. The average molecular weight is 241 g/mol. The molecule has 1 N–H and O–H groups in total. The topological polar surface area (TPSA) is 29.1 Å². The normalized spacial score (nSPS) is 12.4. The number of amides is 1. The molecular weight excluding hydrogens is 210 g/mol. The monoisotopic (exact) mass is 241 g/mol. The van der Waals surface area contributed by atoms with Gasteiger partial charge in [0.15, 0.2) is 0 Å². The highest BCUT2D eigenvalue weighted by molar-refractivity contribution is 5.72. The largest absolute Gasteiger partial charge is 0.356 e. The van der Waals surface area contributed by atoms with E-state index in [0.29, 0.717) is 5.92 Å². The van der Waals surface area contributed by atoms with Gasteiger partial charge < -0.3 is 5.32 Å². The summed E-state index contributed by atoms with van der Waals surface area (Å²) in [4.78, 5) is 10.8. The maximum atomic E-state index is 10.8. The van der Waals surface area contributed by atoms with Gasteiger partial charge in [0.05, 0.1) is 0 Å². The summed E-state index contributed by atoms with van der Waals surface area (Å²) in [6.07, 6.45) is 12.0. The van der Waals surface area contributed by atoms with E-state index in [9.17, 15) is 4.79 Å². The molecule has 1 atom stereocenters. The zero-order chi connectivity index (χ0) is 12.9. The first-order valence-corrected chi connectivity index (χ1v) is 7.45. The molecule has 1 unspecified atom stereocenters. The Morgan fingerprint density at radius 3 is 2.12 bits per heavy atom. The van der Waals surface area contributed by atoms with Crippen LogP contribution < -0.4 is 5.32 Å². The highest BCUT2D eigenvalue weighted by Crippen LogP contribution is 2.14. The van der Waals surface area contributed by atoms with Gasteiger partial charge in [-0.2, -0.15) is 0 Å². The maximum Gasteiger partial charge on any atom is 0.216 e. The molecule has 0 fully saturated rings. The molecule has 0 bridgehead atoms. The van der Waals surface area contributed by atoms with Crippen molar-refractivity contribution < 1.29 is 4.79 Å². The molecule has 0 aromatic rings. The number of unbranched alkanes of at least 4 members (excludes halogenated alkanes) is 6. The van der Waals surface area contributed by atoms with Crippen LogP contribution in [0.2, 0.25) is 0 Å². The van der Waals surface area contributed by atoms with Crippen molar-refractivity contribution in [2.45, 2.75) is 78.6 Å². The number of hydrogen-bond donors (Lipinski definition) is 1. The third-order valence-electron chi connectivity index (χ3n) is 3.43. The van der Waals surface area contributed by atoms with Gasteiger partial charge in [0.2, 0.25) is 5.91 Å². The van der Waals surface area contributed by atoms with Gasteiger partial charge >= 0.3 is 0 Å². The van der Waals surface area contributed by atoms with E-state index in [1.807, 2.05) is 0 Å². The third kappa shape index (κ3) is 11.7. The van der Waals surface area contributed by atoms with Crippen LogP contribution in [0, 0.1) is 5.92 Å². The van der Waals surface area contributed by atoms with Gasteiger partial charge in [0.1, 0.15) is 0 Å². The molecule has 0 saturated carbocycles. The van der Waals surface area contributed by atoms with Crippen molar-refractivity contribution in [2.24, 2.45) is 5.92 Å². The van der Waals surface area contributed by atoms with Crippen molar-refractivity contribution in [3.63, 3.8) is 0 Å². The van der Waals surface area contributed by atoms with E-state index in [2.05, 4.69) is 19.2 Å². The molecule has 0 rings (SSSR count). The van der Waals surface area contributed by atoms with Gasteiger partial charge in [0.25, 0.3) is 0 Å². The quantitative estimate of drug-likeness (QED) is 0.537. The molecule has 1 amide bonds. The number of hydrogen-bond acceptors (Lipinski definition) is 1. The van der Waals surface area contributed by atoms with E-state index >= 15 is 0 Å². The van der Waals surface area contributed by atoms with Crippen molar-refractivity contribution in [3.05, 3.63) is 0 Å². The van der Waals surface area contributed by atoms with E-state index < -0.39 is 0 Å². The van der Waals surface area contributed by atoms with E-state index in [-0.39, 0.29) is 5.91 Å². The van der Waals surface area contributed by atoms with E-state index in [4.69, 9.17) is 0 Å². The summed E-state index contributed by atoms with van der Waals surface area (Å²) in [5.74, 6) is 0.776. The highest BCUT2D eigenvalue weighted by Gasteiger charge is 2.06. The van der Waals surface area contributed by atoms with Gasteiger partial charge in [-0.15, -0.1) is 0 Å². The standard InChI is InChI=1S/C15H31NO/c1-4-6-7-8-9-10-11-12-15(5-2)13-16-14(3)17/h15H,4-13H2,1-3H3,(H,16,17). The first-order valence-electron chi connectivity index (χ1n) is 7.45. The lowest BCUT2D eigenvalue weighted by molar-refractivity contribution is -0.119. The number of carbonyl (C=O) groups is 1. The van der Waals surface area contributed by atoms with E-state index in [0.717, 1.165) is 6.54 Å². The van der Waals surface area contributed by atoms with Crippen molar-refractivity contribution >= 4 is 5.91 Å². The van der Waals surface area contributed by atoms with Crippen LogP contribution in [-0.2, 0) is 4.79 Å². The van der Waals surface area contributed by atoms with Crippen LogP contribution in [-0.4, -0.2) is 12.5 Å². The molecule has 0 aromatic carbocycles. The van der Waals surface area contributed by atoms with Crippen molar-refractivity contribution in [1.29, 1.82) is 0 Å². The molecule has 0 saturated heterocycles.